The molecule has 4 heterocycles. The molecule has 0 spiro atoms. The van der Waals surface area contributed by atoms with Crippen molar-refractivity contribution in [2.24, 2.45) is 0 Å². The fraction of sp³-hybridized carbons (Fsp3) is 0.273. The molecule has 3 aromatic heterocycles. The second-order valence-electron chi connectivity index (χ2n) is 8.05. The molecular formula is C22H21ClN4O4S2. The van der Waals surface area contributed by atoms with Gasteiger partial charge in [0.2, 0.25) is 5.91 Å². The van der Waals surface area contributed by atoms with E-state index in [9.17, 15) is 18.3 Å². The van der Waals surface area contributed by atoms with E-state index >= 15 is 0 Å². The van der Waals surface area contributed by atoms with Gasteiger partial charge < -0.3 is 15.0 Å². The molecule has 0 radical (unpaired) electrons. The molecule has 1 amide bonds. The lowest BCUT2D eigenvalue weighted by Crippen LogP contribution is -2.59. The minimum atomic E-state index is -3.91. The Hall–Kier alpha value is -2.50. The van der Waals surface area contributed by atoms with E-state index in [1.54, 1.807) is 41.6 Å². The van der Waals surface area contributed by atoms with E-state index in [0.29, 0.717) is 5.02 Å². The summed E-state index contributed by atoms with van der Waals surface area (Å²) in [6, 6.07) is 9.50. The van der Waals surface area contributed by atoms with Gasteiger partial charge in [-0.3, -0.25) is 9.78 Å². The lowest BCUT2D eigenvalue weighted by molar-refractivity contribution is -0.141. The van der Waals surface area contributed by atoms with Crippen LogP contribution >= 0.6 is 22.9 Å². The summed E-state index contributed by atoms with van der Waals surface area (Å²) in [5.41, 5.74) is 1.69. The summed E-state index contributed by atoms with van der Waals surface area (Å²) in [6.45, 7) is 1.22. The highest BCUT2D eigenvalue weighted by Gasteiger charge is 2.41. The van der Waals surface area contributed by atoms with Crippen molar-refractivity contribution in [2.45, 2.75) is 23.2 Å². The first kappa shape index (κ1) is 22.3. The second kappa shape index (κ2) is 8.37. The molecule has 2 N–H and O–H groups in total. The molecule has 0 aliphatic carbocycles. The van der Waals surface area contributed by atoms with Gasteiger partial charge >= 0.3 is 0 Å². The first-order chi connectivity index (χ1) is 15.8. The van der Waals surface area contributed by atoms with Crippen molar-refractivity contribution in [3.8, 4) is 0 Å². The van der Waals surface area contributed by atoms with E-state index in [0.717, 1.165) is 42.3 Å². The third-order valence-electron chi connectivity index (χ3n) is 5.98. The number of nitrogens with zero attached hydrogens (tertiary/aromatic N) is 3. The molecule has 0 bridgehead atoms. The first-order valence-electron chi connectivity index (χ1n) is 10.3. The van der Waals surface area contributed by atoms with E-state index in [1.807, 2.05) is 19.1 Å². The van der Waals surface area contributed by atoms with Crippen LogP contribution in [0, 0.1) is 0 Å². The van der Waals surface area contributed by atoms with E-state index < -0.39 is 16.1 Å². The number of aliphatic hydroxyl groups excluding tert-OH is 1. The van der Waals surface area contributed by atoms with Crippen LogP contribution in [-0.4, -0.2) is 64.3 Å². The van der Waals surface area contributed by atoms with E-state index in [1.165, 1.54) is 0 Å². The zero-order chi connectivity index (χ0) is 23.3. The number of pyridine rings is 1. The molecular weight excluding hydrogens is 484 g/mol. The van der Waals surface area contributed by atoms with Gasteiger partial charge in [-0.2, -0.15) is 4.31 Å². The SMILES string of the molecule is CC(c1cc2cnccc2[nH]1)N1C(=O)CN(S(=O)(=O)c2cc3ccc(Cl)cc3s2)CC1CO. The summed E-state index contributed by atoms with van der Waals surface area (Å²) in [6.07, 6.45) is 3.41. The minimum Gasteiger partial charge on any atom is -0.394 e. The predicted octanol–water partition coefficient (Wildman–Crippen LogP) is 3.39. The number of fused-ring (bicyclic) bond motifs is 2. The number of amides is 1. The number of rotatable bonds is 5. The highest BCUT2D eigenvalue weighted by atomic mass is 35.5. The number of aromatic nitrogens is 2. The maximum absolute atomic E-state index is 13.4. The lowest BCUT2D eigenvalue weighted by Gasteiger charge is -2.42. The molecule has 2 unspecified atom stereocenters. The number of carbonyl (C=O) groups excluding carboxylic acids is 1. The molecule has 33 heavy (non-hydrogen) atoms. The number of thiophene rings is 1. The number of halogens is 1. The average Bonchev–Trinajstić information content (AvgIpc) is 3.42. The third-order valence-corrected chi connectivity index (χ3v) is 9.57. The van der Waals surface area contributed by atoms with Gasteiger partial charge in [0.15, 0.2) is 0 Å². The number of carbonyl (C=O) groups is 1. The number of aliphatic hydroxyl groups is 1. The molecule has 1 aliphatic heterocycles. The van der Waals surface area contributed by atoms with Crippen LogP contribution in [0.4, 0.5) is 0 Å². The highest BCUT2D eigenvalue weighted by Crippen LogP contribution is 2.35. The fourth-order valence-corrected chi connectivity index (χ4v) is 7.55. The first-order valence-corrected chi connectivity index (χ1v) is 13.0. The molecule has 1 fully saturated rings. The average molecular weight is 505 g/mol. The number of sulfonamides is 1. The van der Waals surface area contributed by atoms with Crippen molar-refractivity contribution in [3.05, 3.63) is 59.5 Å². The number of benzene rings is 1. The highest BCUT2D eigenvalue weighted by molar-refractivity contribution is 7.91. The van der Waals surface area contributed by atoms with Crippen LogP contribution in [0.1, 0.15) is 18.7 Å². The van der Waals surface area contributed by atoms with Gasteiger partial charge in [-0.15, -0.1) is 11.3 Å². The van der Waals surface area contributed by atoms with Crippen molar-refractivity contribution in [1.29, 1.82) is 0 Å². The Morgan fingerprint density at radius 2 is 2.09 bits per heavy atom. The van der Waals surface area contributed by atoms with Gasteiger partial charge in [0, 0.05) is 45.3 Å². The molecule has 0 saturated carbocycles. The molecule has 11 heteroatoms. The standard InChI is InChI=1S/C22H21ClN4O4S2/c1-13(19-6-15-9-24-5-4-18(15)25-19)27-17(12-28)10-26(11-21(27)29)33(30,31)22-7-14-2-3-16(23)8-20(14)32-22/h2-9,13,17,25,28H,10-12H2,1H3. The van der Waals surface area contributed by atoms with E-state index in [-0.39, 0.29) is 35.9 Å². The summed E-state index contributed by atoms with van der Waals surface area (Å²) < 4.78 is 28.8. The predicted molar refractivity (Wildman–Crippen MR) is 128 cm³/mol. The van der Waals surface area contributed by atoms with E-state index in [2.05, 4.69) is 9.97 Å². The Balaban J connectivity index is 1.43. The quantitative estimate of drug-likeness (QED) is 0.433. The lowest BCUT2D eigenvalue weighted by atomic mass is 10.1. The van der Waals surface area contributed by atoms with Crippen LogP contribution in [0.25, 0.3) is 21.0 Å². The van der Waals surface area contributed by atoms with Crippen LogP contribution in [0.15, 0.2) is 53.0 Å². The maximum atomic E-state index is 13.4. The van der Waals surface area contributed by atoms with Gasteiger partial charge in [0.25, 0.3) is 10.0 Å². The third kappa shape index (κ3) is 3.91. The molecule has 1 aromatic carbocycles. The van der Waals surface area contributed by atoms with Crippen LogP contribution in [-0.2, 0) is 14.8 Å². The van der Waals surface area contributed by atoms with Gasteiger partial charge in [0.05, 0.1) is 25.2 Å². The Kier molecular flexibility index (Phi) is 5.66. The Morgan fingerprint density at radius 3 is 2.85 bits per heavy atom. The largest absolute Gasteiger partial charge is 0.394 e. The zero-order valence-electron chi connectivity index (χ0n) is 17.6. The Bertz CT molecular complexity index is 1430. The van der Waals surface area contributed by atoms with Crippen LogP contribution in [0.3, 0.4) is 0 Å². The normalized spacial score (nSPS) is 18.9. The summed E-state index contributed by atoms with van der Waals surface area (Å²) in [4.78, 5) is 22.1. The van der Waals surface area contributed by atoms with Gasteiger partial charge in [-0.25, -0.2) is 8.42 Å². The summed E-state index contributed by atoms with van der Waals surface area (Å²) in [7, 11) is -3.91. The van der Waals surface area contributed by atoms with Gasteiger partial charge in [-0.05, 0) is 42.6 Å². The van der Waals surface area contributed by atoms with Gasteiger partial charge in [-0.1, -0.05) is 17.7 Å². The maximum Gasteiger partial charge on any atom is 0.253 e. The number of hydrogen-bond donors (Lipinski definition) is 2. The molecule has 5 rings (SSSR count). The number of H-pyrrole nitrogens is 1. The Labute approximate surface area is 199 Å². The van der Waals surface area contributed by atoms with Crippen molar-refractivity contribution in [3.63, 3.8) is 0 Å². The van der Waals surface area contributed by atoms with Crippen molar-refractivity contribution in [1.82, 2.24) is 19.2 Å². The Morgan fingerprint density at radius 1 is 1.27 bits per heavy atom. The minimum absolute atomic E-state index is 0.00565. The monoisotopic (exact) mass is 504 g/mol. The summed E-state index contributed by atoms with van der Waals surface area (Å²) in [5, 5.41) is 12.3. The summed E-state index contributed by atoms with van der Waals surface area (Å²) >= 11 is 7.15. The molecule has 1 saturated heterocycles. The molecule has 172 valence electrons. The smallest absolute Gasteiger partial charge is 0.253 e. The summed E-state index contributed by atoms with van der Waals surface area (Å²) in [5.74, 6) is -0.364. The molecule has 1 aliphatic rings. The van der Waals surface area contributed by atoms with Crippen LogP contribution < -0.4 is 0 Å². The van der Waals surface area contributed by atoms with Crippen LogP contribution in [0.5, 0.6) is 0 Å². The fourth-order valence-electron chi connectivity index (χ4n) is 4.29. The van der Waals surface area contributed by atoms with Crippen molar-refractivity contribution < 1.29 is 18.3 Å². The van der Waals surface area contributed by atoms with Crippen molar-refractivity contribution >= 4 is 59.9 Å². The number of piperazine rings is 1. The van der Waals surface area contributed by atoms with Crippen molar-refractivity contribution in [2.75, 3.05) is 19.7 Å². The molecule has 4 aromatic rings. The molecule has 8 nitrogen and oxygen atoms in total. The second-order valence-corrected chi connectivity index (χ2v) is 11.7. The van der Waals surface area contributed by atoms with Crippen LogP contribution in [0.2, 0.25) is 5.02 Å². The zero-order valence-corrected chi connectivity index (χ0v) is 20.0. The topological polar surface area (TPSA) is 107 Å². The number of aromatic amines is 1. The molecule has 2 atom stereocenters. The van der Waals surface area contributed by atoms with Gasteiger partial charge in [0.1, 0.15) is 4.21 Å². The van der Waals surface area contributed by atoms with E-state index in [4.69, 9.17) is 11.6 Å². The number of nitrogens with one attached hydrogen (secondary N) is 1. The number of hydrogen-bond acceptors (Lipinski definition) is 6.